The van der Waals surface area contributed by atoms with E-state index < -0.39 is 15.9 Å². The van der Waals surface area contributed by atoms with Crippen LogP contribution in [0.15, 0.2) is 40.8 Å². The Balaban J connectivity index is 2.86. The number of benzene rings is 1. The average molecular weight is 382 g/mol. The van der Waals surface area contributed by atoms with Gasteiger partial charge in [-0.1, -0.05) is 24.6 Å². The summed E-state index contributed by atoms with van der Waals surface area (Å²) < 4.78 is 27.3. The minimum absolute atomic E-state index is 0.0398. The number of amides is 1. The Bertz CT molecular complexity index is 765. The third-order valence-electron chi connectivity index (χ3n) is 3.74. The van der Waals surface area contributed by atoms with E-state index in [9.17, 15) is 18.0 Å². The summed E-state index contributed by atoms with van der Waals surface area (Å²) in [6.07, 6.45) is 2.04. The number of hydrogen-bond acceptors (Lipinski definition) is 5. The topological polar surface area (TPSA) is 107 Å². The molecule has 0 aliphatic rings. The van der Waals surface area contributed by atoms with Gasteiger partial charge in [0.25, 0.3) is 0 Å². The number of primary sulfonamides is 1. The second kappa shape index (κ2) is 9.49. The minimum atomic E-state index is -3.73. The highest BCUT2D eigenvalue weighted by Crippen LogP contribution is 2.11. The van der Waals surface area contributed by atoms with Crippen molar-refractivity contribution in [1.82, 2.24) is 4.90 Å². The van der Waals surface area contributed by atoms with Crippen LogP contribution in [0.4, 0.5) is 0 Å². The van der Waals surface area contributed by atoms with Crippen LogP contribution in [0.1, 0.15) is 26.3 Å². The molecule has 26 heavy (non-hydrogen) atoms. The van der Waals surface area contributed by atoms with E-state index in [0.717, 1.165) is 11.1 Å². The number of carbonyl (C=O) groups is 2. The molecule has 1 atom stereocenters. The fourth-order valence-electron chi connectivity index (χ4n) is 2.35. The molecule has 0 aliphatic heterocycles. The van der Waals surface area contributed by atoms with Gasteiger partial charge in [0.2, 0.25) is 15.9 Å². The highest BCUT2D eigenvalue weighted by atomic mass is 32.2. The zero-order valence-corrected chi connectivity index (χ0v) is 16.4. The number of allylic oxidation sites excluding steroid dienone is 1. The van der Waals surface area contributed by atoms with Crippen molar-refractivity contribution >= 4 is 21.9 Å². The van der Waals surface area contributed by atoms with E-state index in [1.165, 1.54) is 25.3 Å². The van der Waals surface area contributed by atoms with Crippen molar-refractivity contribution in [1.29, 1.82) is 0 Å². The molecule has 0 aliphatic carbocycles. The lowest BCUT2D eigenvalue weighted by molar-refractivity contribution is -0.146. The first-order valence-electron chi connectivity index (χ1n) is 8.18. The van der Waals surface area contributed by atoms with Gasteiger partial charge in [0.1, 0.15) is 0 Å². The van der Waals surface area contributed by atoms with Gasteiger partial charge in [-0.3, -0.25) is 9.59 Å². The van der Waals surface area contributed by atoms with Crippen molar-refractivity contribution in [3.05, 3.63) is 41.5 Å². The molecule has 1 aromatic rings. The Kier molecular flexibility index (Phi) is 7.98. The smallest absolute Gasteiger partial charge is 0.310 e. The third-order valence-corrected chi connectivity index (χ3v) is 4.67. The Labute approximate surface area is 154 Å². The van der Waals surface area contributed by atoms with Crippen molar-refractivity contribution < 1.29 is 22.7 Å². The zero-order chi connectivity index (χ0) is 19.9. The number of esters is 1. The van der Waals surface area contributed by atoms with Crippen LogP contribution in [-0.2, 0) is 30.8 Å². The van der Waals surface area contributed by atoms with Gasteiger partial charge in [0.05, 0.1) is 17.9 Å². The molecule has 1 unspecified atom stereocenters. The molecular formula is C18H26N2O5S. The van der Waals surface area contributed by atoms with Crippen molar-refractivity contribution in [2.45, 2.75) is 32.1 Å². The molecule has 7 nitrogen and oxygen atoms in total. The number of sulfonamides is 1. The second-order valence-electron chi connectivity index (χ2n) is 6.37. The summed E-state index contributed by atoms with van der Waals surface area (Å²) in [5, 5.41) is 5.08. The summed E-state index contributed by atoms with van der Waals surface area (Å²) in [5.41, 5.74) is 1.72. The molecule has 0 radical (unpaired) electrons. The molecule has 0 bridgehead atoms. The average Bonchev–Trinajstić information content (AvgIpc) is 2.56. The summed E-state index contributed by atoms with van der Waals surface area (Å²) in [6.45, 7) is 5.98. The van der Waals surface area contributed by atoms with Crippen LogP contribution in [0, 0.1) is 5.92 Å². The quantitative estimate of drug-likeness (QED) is 0.541. The fraction of sp³-hybridized carbons (Fsp3) is 0.444. The highest BCUT2D eigenvalue weighted by molar-refractivity contribution is 7.89. The van der Waals surface area contributed by atoms with E-state index in [1.807, 2.05) is 13.8 Å². The van der Waals surface area contributed by atoms with E-state index in [2.05, 4.69) is 0 Å². The first-order valence-corrected chi connectivity index (χ1v) is 9.72. The van der Waals surface area contributed by atoms with Gasteiger partial charge in [-0.15, -0.1) is 0 Å². The number of rotatable bonds is 8. The number of ether oxygens (including phenoxy) is 1. The van der Waals surface area contributed by atoms with E-state index in [-0.39, 0.29) is 23.3 Å². The van der Waals surface area contributed by atoms with E-state index >= 15 is 0 Å². The number of nitrogens with zero attached hydrogens (tertiary/aromatic N) is 1. The maximum Gasteiger partial charge on any atom is 0.310 e. The molecule has 0 saturated carbocycles. The summed E-state index contributed by atoms with van der Waals surface area (Å²) in [5.74, 6) is -1.00. The molecule has 0 aromatic heterocycles. The first kappa shape index (κ1) is 21.9. The lowest BCUT2D eigenvalue weighted by atomic mass is 10.1. The van der Waals surface area contributed by atoms with Gasteiger partial charge in [0.15, 0.2) is 0 Å². The molecule has 0 saturated heterocycles. The van der Waals surface area contributed by atoms with Gasteiger partial charge in [-0.2, -0.15) is 0 Å². The van der Waals surface area contributed by atoms with Crippen LogP contribution in [0.3, 0.4) is 0 Å². The van der Waals surface area contributed by atoms with Gasteiger partial charge in [0, 0.05) is 19.2 Å². The molecular weight excluding hydrogens is 356 g/mol. The van der Waals surface area contributed by atoms with Crippen molar-refractivity contribution in [3.8, 4) is 0 Å². The summed E-state index contributed by atoms with van der Waals surface area (Å²) in [7, 11) is -2.42. The maximum absolute atomic E-state index is 12.4. The second-order valence-corrected chi connectivity index (χ2v) is 7.93. The SMILES string of the molecule is COC(=O)C(C)CN(CCc1ccc(S(N)(=O)=O)cc1)C(=O)C=C(C)C. The fourth-order valence-corrected chi connectivity index (χ4v) is 2.86. The predicted molar refractivity (Wildman–Crippen MR) is 98.7 cm³/mol. The predicted octanol–water partition coefficient (Wildman–Crippen LogP) is 1.48. The Hall–Kier alpha value is -2.19. The van der Waals surface area contributed by atoms with Crippen LogP contribution in [0.2, 0.25) is 0 Å². The largest absolute Gasteiger partial charge is 0.469 e. The number of carbonyl (C=O) groups excluding carboxylic acids is 2. The van der Waals surface area contributed by atoms with Gasteiger partial charge in [-0.05, 0) is 38.0 Å². The summed E-state index contributed by atoms with van der Waals surface area (Å²) in [6, 6.07) is 6.19. The van der Waals surface area contributed by atoms with Crippen molar-refractivity contribution in [2.75, 3.05) is 20.2 Å². The summed E-state index contributed by atoms with van der Waals surface area (Å²) >= 11 is 0. The lowest BCUT2D eigenvalue weighted by Gasteiger charge is -2.24. The minimum Gasteiger partial charge on any atom is -0.469 e. The first-order chi connectivity index (χ1) is 12.0. The summed E-state index contributed by atoms with van der Waals surface area (Å²) in [4.78, 5) is 25.7. The molecule has 2 N–H and O–H groups in total. The van der Waals surface area contributed by atoms with Crippen LogP contribution in [0.25, 0.3) is 0 Å². The highest BCUT2D eigenvalue weighted by Gasteiger charge is 2.20. The van der Waals surface area contributed by atoms with Gasteiger partial charge < -0.3 is 9.64 Å². The molecule has 0 fully saturated rings. The van der Waals surface area contributed by atoms with Gasteiger partial charge >= 0.3 is 5.97 Å². The molecule has 1 rings (SSSR count). The van der Waals surface area contributed by atoms with Crippen LogP contribution < -0.4 is 5.14 Å². The molecule has 0 spiro atoms. The molecule has 144 valence electrons. The van der Waals surface area contributed by atoms with Crippen LogP contribution >= 0.6 is 0 Å². The lowest BCUT2D eigenvalue weighted by Crippen LogP contribution is -2.37. The van der Waals surface area contributed by atoms with Crippen molar-refractivity contribution in [3.63, 3.8) is 0 Å². The molecule has 0 heterocycles. The standard InChI is InChI=1S/C18H26N2O5S/c1-13(2)11-17(21)20(12-14(3)18(22)25-4)10-9-15-5-7-16(8-6-15)26(19,23)24/h5-8,11,14H,9-10,12H2,1-4H3,(H2,19,23,24). The third kappa shape index (κ3) is 6.97. The maximum atomic E-state index is 12.4. The van der Waals surface area contributed by atoms with E-state index in [0.29, 0.717) is 13.0 Å². The Morgan fingerprint density at radius 2 is 1.81 bits per heavy atom. The Morgan fingerprint density at radius 3 is 2.27 bits per heavy atom. The van der Waals surface area contributed by atoms with Gasteiger partial charge in [-0.25, -0.2) is 13.6 Å². The number of methoxy groups -OCH3 is 1. The normalized spacial score (nSPS) is 12.2. The molecule has 8 heteroatoms. The van der Waals surface area contributed by atoms with E-state index in [1.54, 1.807) is 24.0 Å². The molecule has 1 aromatic carbocycles. The number of hydrogen-bond donors (Lipinski definition) is 1. The Morgan fingerprint density at radius 1 is 1.23 bits per heavy atom. The monoisotopic (exact) mass is 382 g/mol. The molecule has 1 amide bonds. The van der Waals surface area contributed by atoms with Crippen molar-refractivity contribution in [2.24, 2.45) is 11.1 Å². The van der Waals surface area contributed by atoms with E-state index in [4.69, 9.17) is 9.88 Å². The van der Waals surface area contributed by atoms with Crippen LogP contribution in [0.5, 0.6) is 0 Å². The zero-order valence-electron chi connectivity index (χ0n) is 15.6. The number of nitrogens with two attached hydrogens (primary N) is 1. The van der Waals surface area contributed by atoms with Crippen LogP contribution in [-0.4, -0.2) is 45.4 Å².